The molecule has 0 aliphatic rings. The molecule has 1 atom stereocenters. The van der Waals surface area contributed by atoms with Crippen molar-refractivity contribution in [2.75, 3.05) is 0 Å². The number of carbonyl (C=O) groups excluding carboxylic acids is 1. The largest absolute Gasteiger partial charge is 0.426 e. The molecule has 0 unspecified atom stereocenters. The molecule has 0 spiro atoms. The zero-order chi connectivity index (χ0) is 15.9. The number of halogens is 1. The summed E-state index contributed by atoms with van der Waals surface area (Å²) in [5.41, 5.74) is 1.84. The molecule has 2 aromatic rings. The molecule has 0 saturated heterocycles. The number of benzene rings is 2. The first-order valence-corrected chi connectivity index (χ1v) is 7.31. The van der Waals surface area contributed by atoms with Crippen molar-refractivity contribution in [3.63, 3.8) is 0 Å². The topological polar surface area (TPSA) is 26.3 Å². The molecule has 2 rings (SSSR count). The van der Waals surface area contributed by atoms with Crippen molar-refractivity contribution in [1.82, 2.24) is 0 Å². The van der Waals surface area contributed by atoms with E-state index in [2.05, 4.69) is 6.92 Å². The Labute approximate surface area is 130 Å². The SMILES string of the molecule is CC[C@H](/C=C(\OC(C)=O)c1ccc(F)cc1)c1ccccc1. The average molecular weight is 298 g/mol. The van der Waals surface area contributed by atoms with Crippen molar-refractivity contribution in [2.45, 2.75) is 26.2 Å². The van der Waals surface area contributed by atoms with Gasteiger partial charge in [0.1, 0.15) is 11.6 Å². The number of ether oxygens (including phenoxy) is 1. The van der Waals surface area contributed by atoms with Crippen LogP contribution in [0.3, 0.4) is 0 Å². The van der Waals surface area contributed by atoms with Crippen molar-refractivity contribution >= 4 is 11.7 Å². The van der Waals surface area contributed by atoms with Gasteiger partial charge in [-0.3, -0.25) is 4.79 Å². The van der Waals surface area contributed by atoms with Gasteiger partial charge >= 0.3 is 5.97 Å². The van der Waals surface area contributed by atoms with Gasteiger partial charge in [0, 0.05) is 18.4 Å². The number of hydrogen-bond donors (Lipinski definition) is 0. The summed E-state index contributed by atoms with van der Waals surface area (Å²) in [6.45, 7) is 3.44. The van der Waals surface area contributed by atoms with E-state index in [0.717, 1.165) is 12.0 Å². The second-order valence-corrected chi connectivity index (χ2v) is 5.06. The predicted octanol–water partition coefficient (Wildman–Crippen LogP) is 4.92. The third-order valence-electron chi connectivity index (χ3n) is 3.40. The summed E-state index contributed by atoms with van der Waals surface area (Å²) >= 11 is 0. The van der Waals surface area contributed by atoms with E-state index < -0.39 is 5.97 Å². The quantitative estimate of drug-likeness (QED) is 0.578. The molecule has 22 heavy (non-hydrogen) atoms. The highest BCUT2D eigenvalue weighted by Gasteiger charge is 2.12. The lowest BCUT2D eigenvalue weighted by molar-refractivity contribution is -0.134. The van der Waals surface area contributed by atoms with E-state index >= 15 is 0 Å². The van der Waals surface area contributed by atoms with E-state index in [9.17, 15) is 9.18 Å². The van der Waals surface area contributed by atoms with E-state index in [4.69, 9.17) is 4.74 Å². The molecule has 0 aliphatic carbocycles. The first kappa shape index (κ1) is 16.0. The second kappa shape index (κ2) is 7.55. The lowest BCUT2D eigenvalue weighted by Gasteiger charge is -2.14. The van der Waals surface area contributed by atoms with Gasteiger partial charge in [-0.05, 0) is 42.3 Å². The van der Waals surface area contributed by atoms with Crippen molar-refractivity contribution in [3.05, 3.63) is 77.6 Å². The van der Waals surface area contributed by atoms with Gasteiger partial charge in [-0.25, -0.2) is 4.39 Å². The van der Waals surface area contributed by atoms with Crippen LogP contribution in [0.15, 0.2) is 60.7 Å². The normalized spacial score (nSPS) is 12.8. The lowest BCUT2D eigenvalue weighted by Crippen LogP contribution is -2.02. The highest BCUT2D eigenvalue weighted by molar-refractivity contribution is 5.76. The van der Waals surface area contributed by atoms with Crippen molar-refractivity contribution < 1.29 is 13.9 Å². The maximum absolute atomic E-state index is 13.1. The Balaban J connectivity index is 2.38. The molecular formula is C19H19FO2. The molecule has 2 nitrogen and oxygen atoms in total. The van der Waals surface area contributed by atoms with Gasteiger partial charge in [-0.2, -0.15) is 0 Å². The van der Waals surface area contributed by atoms with Gasteiger partial charge < -0.3 is 4.74 Å². The third kappa shape index (κ3) is 4.29. The van der Waals surface area contributed by atoms with Gasteiger partial charge in [-0.15, -0.1) is 0 Å². The zero-order valence-corrected chi connectivity index (χ0v) is 12.8. The first-order valence-electron chi connectivity index (χ1n) is 7.31. The van der Waals surface area contributed by atoms with Crippen LogP contribution in [0.2, 0.25) is 0 Å². The second-order valence-electron chi connectivity index (χ2n) is 5.06. The minimum atomic E-state index is -0.390. The van der Waals surface area contributed by atoms with Crippen LogP contribution >= 0.6 is 0 Å². The van der Waals surface area contributed by atoms with Crippen LogP contribution in [0.4, 0.5) is 4.39 Å². The minimum Gasteiger partial charge on any atom is -0.426 e. The van der Waals surface area contributed by atoms with Crippen LogP contribution in [-0.4, -0.2) is 5.97 Å². The highest BCUT2D eigenvalue weighted by atomic mass is 19.1. The molecule has 0 radical (unpaired) electrons. The number of hydrogen-bond acceptors (Lipinski definition) is 2. The molecule has 0 heterocycles. The highest BCUT2D eigenvalue weighted by Crippen LogP contribution is 2.27. The maximum Gasteiger partial charge on any atom is 0.308 e. The van der Waals surface area contributed by atoms with Crippen LogP contribution in [0.25, 0.3) is 5.76 Å². The summed E-state index contributed by atoms with van der Waals surface area (Å²) < 4.78 is 18.4. The standard InChI is InChI=1S/C19H19FO2/c1-3-15(16-7-5-4-6-8-16)13-19(22-14(2)21)17-9-11-18(20)12-10-17/h4-13,15H,3H2,1-2H3/b19-13-/t15-/m1/s1. The predicted molar refractivity (Wildman–Crippen MR) is 85.6 cm³/mol. The van der Waals surface area contributed by atoms with Crippen LogP contribution in [0.5, 0.6) is 0 Å². The Bertz CT molecular complexity index is 645. The molecular weight excluding hydrogens is 279 g/mol. The molecule has 0 fully saturated rings. The Kier molecular flexibility index (Phi) is 5.48. The molecule has 0 N–H and O–H groups in total. The monoisotopic (exact) mass is 298 g/mol. The smallest absolute Gasteiger partial charge is 0.308 e. The third-order valence-corrected chi connectivity index (χ3v) is 3.40. The Morgan fingerprint density at radius 2 is 1.77 bits per heavy atom. The van der Waals surface area contributed by atoms with Crippen molar-refractivity contribution in [3.8, 4) is 0 Å². The van der Waals surface area contributed by atoms with E-state index in [1.54, 1.807) is 12.1 Å². The summed E-state index contributed by atoms with van der Waals surface area (Å²) in [5.74, 6) is -0.122. The maximum atomic E-state index is 13.1. The molecule has 2 aromatic carbocycles. The van der Waals surface area contributed by atoms with Gasteiger partial charge in [0.2, 0.25) is 0 Å². The van der Waals surface area contributed by atoms with Crippen LogP contribution in [0.1, 0.15) is 37.3 Å². The number of esters is 1. The molecule has 114 valence electrons. The molecule has 0 amide bonds. The van der Waals surface area contributed by atoms with Gasteiger partial charge in [0.15, 0.2) is 0 Å². The molecule has 0 aromatic heterocycles. The first-order chi connectivity index (χ1) is 10.6. The van der Waals surface area contributed by atoms with Gasteiger partial charge in [0.25, 0.3) is 0 Å². The fourth-order valence-electron chi connectivity index (χ4n) is 2.29. The molecule has 3 heteroatoms. The Hall–Kier alpha value is -2.42. The molecule has 0 saturated carbocycles. The average Bonchev–Trinajstić information content (AvgIpc) is 2.52. The van der Waals surface area contributed by atoms with Crippen molar-refractivity contribution in [2.24, 2.45) is 0 Å². The van der Waals surface area contributed by atoms with Gasteiger partial charge in [-0.1, -0.05) is 37.3 Å². The Morgan fingerprint density at radius 1 is 1.14 bits per heavy atom. The van der Waals surface area contributed by atoms with Crippen LogP contribution in [-0.2, 0) is 9.53 Å². The summed E-state index contributed by atoms with van der Waals surface area (Å²) in [6, 6.07) is 16.0. The summed E-state index contributed by atoms with van der Waals surface area (Å²) in [4.78, 5) is 11.4. The minimum absolute atomic E-state index is 0.126. The zero-order valence-electron chi connectivity index (χ0n) is 12.8. The van der Waals surface area contributed by atoms with E-state index in [-0.39, 0.29) is 11.7 Å². The Morgan fingerprint density at radius 3 is 2.32 bits per heavy atom. The number of rotatable bonds is 5. The van der Waals surface area contributed by atoms with Gasteiger partial charge in [0.05, 0.1) is 0 Å². The van der Waals surface area contributed by atoms with Crippen LogP contribution < -0.4 is 0 Å². The summed E-state index contributed by atoms with van der Waals surface area (Å²) in [5, 5.41) is 0. The summed E-state index contributed by atoms with van der Waals surface area (Å²) in [6.07, 6.45) is 2.79. The van der Waals surface area contributed by atoms with E-state index in [0.29, 0.717) is 11.3 Å². The van der Waals surface area contributed by atoms with E-state index in [1.807, 2.05) is 36.4 Å². The molecule has 0 aliphatic heterocycles. The van der Waals surface area contributed by atoms with Crippen molar-refractivity contribution in [1.29, 1.82) is 0 Å². The summed E-state index contributed by atoms with van der Waals surface area (Å²) in [7, 11) is 0. The number of carbonyl (C=O) groups is 1. The lowest BCUT2D eigenvalue weighted by atomic mass is 9.94. The fourth-order valence-corrected chi connectivity index (χ4v) is 2.29. The fraction of sp³-hybridized carbons (Fsp3) is 0.211. The van der Waals surface area contributed by atoms with E-state index in [1.165, 1.54) is 19.1 Å². The van der Waals surface area contributed by atoms with Crippen LogP contribution in [0, 0.1) is 5.82 Å². The number of allylic oxidation sites excluding steroid dienone is 1. The molecule has 0 bridgehead atoms.